The molecule has 0 N–H and O–H groups in total. The number of piperazine rings is 1. The summed E-state index contributed by atoms with van der Waals surface area (Å²) in [5.74, 6) is 0.574. The molecule has 0 unspecified atom stereocenters. The Balaban J connectivity index is 1.41. The van der Waals surface area contributed by atoms with Crippen LogP contribution in [0.5, 0.6) is 0 Å². The van der Waals surface area contributed by atoms with Gasteiger partial charge >= 0.3 is 0 Å². The summed E-state index contributed by atoms with van der Waals surface area (Å²) in [5, 5.41) is 4.56. The van der Waals surface area contributed by atoms with E-state index in [-0.39, 0.29) is 0 Å². The van der Waals surface area contributed by atoms with E-state index in [0.717, 1.165) is 31.7 Å². The van der Waals surface area contributed by atoms with Gasteiger partial charge in [-0.1, -0.05) is 17.7 Å². The van der Waals surface area contributed by atoms with Crippen LogP contribution in [0.2, 0.25) is 0 Å². The maximum absolute atomic E-state index is 5.70. The van der Waals surface area contributed by atoms with Crippen LogP contribution in [0.4, 0.5) is 5.69 Å². The van der Waals surface area contributed by atoms with E-state index < -0.39 is 0 Å². The predicted octanol–water partition coefficient (Wildman–Crippen LogP) is 3.36. The molecular formula is C19H21N5OS. The Morgan fingerprint density at radius 2 is 1.69 bits per heavy atom. The Hall–Kier alpha value is -2.51. The van der Waals surface area contributed by atoms with Gasteiger partial charge in [-0.25, -0.2) is 4.68 Å². The van der Waals surface area contributed by atoms with Gasteiger partial charge in [-0.05, 0) is 43.4 Å². The van der Waals surface area contributed by atoms with Crippen LogP contribution in [-0.4, -0.2) is 45.8 Å². The monoisotopic (exact) mass is 367 g/mol. The number of hydrogen-bond acceptors (Lipinski definition) is 6. The smallest absolute Gasteiger partial charge is 0.288 e. The molecule has 26 heavy (non-hydrogen) atoms. The summed E-state index contributed by atoms with van der Waals surface area (Å²) < 4.78 is 7.47. The molecule has 1 aromatic carbocycles. The third-order valence-electron chi connectivity index (χ3n) is 4.64. The average Bonchev–Trinajstić information content (AvgIpc) is 3.04. The Kier molecular flexibility index (Phi) is 4.81. The normalized spacial score (nSPS) is 15.3. The number of rotatable bonds is 4. The predicted molar refractivity (Wildman–Crippen MR) is 104 cm³/mol. The van der Waals surface area contributed by atoms with E-state index >= 15 is 0 Å². The summed E-state index contributed by atoms with van der Waals surface area (Å²) in [6.07, 6.45) is 3.67. The summed E-state index contributed by atoms with van der Waals surface area (Å²) in [6.45, 7) is 6.57. The lowest BCUT2D eigenvalue weighted by molar-refractivity contribution is 0.192. The quantitative estimate of drug-likeness (QED) is 0.659. The van der Waals surface area contributed by atoms with Gasteiger partial charge in [-0.15, -0.1) is 5.10 Å². The first-order valence-electron chi connectivity index (χ1n) is 8.71. The summed E-state index contributed by atoms with van der Waals surface area (Å²) in [7, 11) is 0. The largest absolute Gasteiger partial charge is 0.409 e. The number of aromatic nitrogens is 3. The van der Waals surface area contributed by atoms with Crippen molar-refractivity contribution in [3.05, 3.63) is 59.2 Å². The van der Waals surface area contributed by atoms with Crippen molar-refractivity contribution >= 4 is 17.9 Å². The average molecular weight is 367 g/mol. The molecule has 1 fully saturated rings. The van der Waals surface area contributed by atoms with Crippen molar-refractivity contribution in [1.29, 1.82) is 0 Å². The van der Waals surface area contributed by atoms with Crippen LogP contribution in [0.25, 0.3) is 11.5 Å². The van der Waals surface area contributed by atoms with Crippen LogP contribution in [0, 0.1) is 11.8 Å². The first kappa shape index (κ1) is 16.9. The molecule has 0 radical (unpaired) electrons. The van der Waals surface area contributed by atoms with Crippen LogP contribution in [-0.2, 0) is 6.67 Å². The highest BCUT2D eigenvalue weighted by molar-refractivity contribution is 7.71. The molecule has 0 atom stereocenters. The Labute approximate surface area is 157 Å². The second kappa shape index (κ2) is 7.39. The first-order chi connectivity index (χ1) is 12.7. The zero-order valence-corrected chi connectivity index (χ0v) is 15.5. The fourth-order valence-electron chi connectivity index (χ4n) is 3.10. The number of pyridine rings is 1. The van der Waals surface area contributed by atoms with Gasteiger partial charge in [0.15, 0.2) is 0 Å². The molecule has 0 spiro atoms. The molecule has 134 valence electrons. The molecule has 1 aliphatic rings. The Morgan fingerprint density at radius 1 is 1.00 bits per heavy atom. The van der Waals surface area contributed by atoms with Gasteiger partial charge < -0.3 is 9.32 Å². The molecule has 0 bridgehead atoms. The van der Waals surface area contributed by atoms with Gasteiger partial charge in [0, 0.05) is 49.8 Å². The van der Waals surface area contributed by atoms with Crippen molar-refractivity contribution in [3.63, 3.8) is 0 Å². The van der Waals surface area contributed by atoms with Crippen LogP contribution in [0.15, 0.2) is 53.2 Å². The lowest BCUT2D eigenvalue weighted by atomic mass is 10.1. The zero-order chi connectivity index (χ0) is 17.9. The van der Waals surface area contributed by atoms with Crippen molar-refractivity contribution in [1.82, 2.24) is 19.7 Å². The highest BCUT2D eigenvalue weighted by atomic mass is 32.1. The number of nitrogens with zero attached hydrogens (tertiary/aromatic N) is 5. The molecule has 3 heterocycles. The van der Waals surface area contributed by atoms with E-state index in [2.05, 4.69) is 38.9 Å². The van der Waals surface area contributed by atoms with Crippen molar-refractivity contribution in [2.75, 3.05) is 31.1 Å². The minimum Gasteiger partial charge on any atom is -0.409 e. The number of anilines is 1. The van der Waals surface area contributed by atoms with Gasteiger partial charge in [0.2, 0.25) is 5.89 Å². The second-order valence-corrected chi connectivity index (χ2v) is 6.84. The van der Waals surface area contributed by atoms with Crippen molar-refractivity contribution < 1.29 is 4.42 Å². The van der Waals surface area contributed by atoms with Gasteiger partial charge in [0.25, 0.3) is 4.84 Å². The maximum Gasteiger partial charge on any atom is 0.288 e. The molecule has 0 amide bonds. The van der Waals surface area contributed by atoms with E-state index in [1.807, 2.05) is 36.7 Å². The second-order valence-electron chi connectivity index (χ2n) is 6.49. The highest BCUT2D eigenvalue weighted by Crippen LogP contribution is 2.19. The third-order valence-corrected chi connectivity index (χ3v) is 4.93. The molecule has 0 saturated carbocycles. The fraction of sp³-hybridized carbons (Fsp3) is 0.316. The van der Waals surface area contributed by atoms with Crippen LogP contribution in [0.1, 0.15) is 5.56 Å². The molecular weight excluding hydrogens is 346 g/mol. The molecule has 4 rings (SSSR count). The molecule has 6 nitrogen and oxygen atoms in total. The minimum atomic E-state index is 0.414. The lowest BCUT2D eigenvalue weighted by Gasteiger charge is -2.35. The van der Waals surface area contributed by atoms with Crippen LogP contribution in [0.3, 0.4) is 0 Å². The van der Waals surface area contributed by atoms with E-state index in [9.17, 15) is 0 Å². The van der Waals surface area contributed by atoms with Crippen LogP contribution >= 0.6 is 12.2 Å². The van der Waals surface area contributed by atoms with Crippen LogP contribution < -0.4 is 4.90 Å². The zero-order valence-electron chi connectivity index (χ0n) is 14.7. The summed E-state index contributed by atoms with van der Waals surface area (Å²) in [4.78, 5) is 9.21. The lowest BCUT2D eigenvalue weighted by Crippen LogP contribution is -2.46. The molecule has 3 aromatic rings. The van der Waals surface area contributed by atoms with E-state index in [4.69, 9.17) is 16.6 Å². The van der Waals surface area contributed by atoms with Gasteiger partial charge in [0.1, 0.15) is 0 Å². The first-order valence-corrected chi connectivity index (χ1v) is 9.12. The highest BCUT2D eigenvalue weighted by Gasteiger charge is 2.18. The van der Waals surface area contributed by atoms with E-state index in [0.29, 0.717) is 17.4 Å². The maximum atomic E-state index is 5.70. The molecule has 1 saturated heterocycles. The van der Waals surface area contributed by atoms with E-state index in [1.54, 1.807) is 4.68 Å². The SMILES string of the molecule is Cc1ccc(-c2nn(CN3CCN(c4ccncc4)CC3)c(=S)o2)cc1. The topological polar surface area (TPSA) is 50.3 Å². The van der Waals surface area contributed by atoms with Gasteiger partial charge in [-0.2, -0.15) is 0 Å². The molecule has 7 heteroatoms. The molecule has 2 aromatic heterocycles. The Morgan fingerprint density at radius 3 is 2.38 bits per heavy atom. The summed E-state index contributed by atoms with van der Waals surface area (Å²) >= 11 is 5.36. The molecule has 0 aliphatic carbocycles. The number of benzene rings is 1. The molecule has 1 aliphatic heterocycles. The van der Waals surface area contributed by atoms with E-state index in [1.165, 1.54) is 11.3 Å². The summed E-state index contributed by atoms with van der Waals surface area (Å²) in [5.41, 5.74) is 3.38. The fourth-order valence-corrected chi connectivity index (χ4v) is 3.28. The van der Waals surface area contributed by atoms with Crippen molar-refractivity contribution in [2.45, 2.75) is 13.6 Å². The number of aryl methyl sites for hydroxylation is 1. The van der Waals surface area contributed by atoms with Gasteiger partial charge in [-0.3, -0.25) is 9.88 Å². The third kappa shape index (κ3) is 3.68. The van der Waals surface area contributed by atoms with Crippen molar-refractivity contribution in [3.8, 4) is 11.5 Å². The summed E-state index contributed by atoms with van der Waals surface area (Å²) in [6, 6.07) is 12.2. The van der Waals surface area contributed by atoms with Gasteiger partial charge in [0.05, 0.1) is 6.67 Å². The number of hydrogen-bond donors (Lipinski definition) is 0. The van der Waals surface area contributed by atoms with Crippen molar-refractivity contribution in [2.24, 2.45) is 0 Å². The standard InChI is InChI=1S/C19H21N5OS/c1-15-2-4-16(5-3-15)18-21-24(19(26)25-18)14-22-10-12-23(13-11-22)17-6-8-20-9-7-17/h2-9H,10-14H2,1H3. The Bertz CT molecular complexity index is 911. The minimum absolute atomic E-state index is 0.414.